The average Bonchev–Trinajstić information content (AvgIpc) is 2.66. The first-order chi connectivity index (χ1) is 12.4. The molecule has 0 aliphatic heterocycles. The van der Waals surface area contributed by atoms with E-state index < -0.39 is 10.0 Å². The fourth-order valence-electron chi connectivity index (χ4n) is 2.32. The molecule has 26 heavy (non-hydrogen) atoms. The van der Waals surface area contributed by atoms with Gasteiger partial charge in [-0.1, -0.05) is 37.3 Å². The van der Waals surface area contributed by atoms with Crippen LogP contribution in [0.15, 0.2) is 48.5 Å². The van der Waals surface area contributed by atoms with Crippen molar-refractivity contribution in [2.24, 2.45) is 0 Å². The van der Waals surface area contributed by atoms with Gasteiger partial charge in [0.1, 0.15) is 0 Å². The quantitative estimate of drug-likeness (QED) is 0.628. The summed E-state index contributed by atoms with van der Waals surface area (Å²) in [6.07, 6.45) is 0. The highest BCUT2D eigenvalue weighted by molar-refractivity contribution is 7.89. The number of nitrogens with one attached hydrogen (secondary N) is 3. The van der Waals surface area contributed by atoms with Gasteiger partial charge in [-0.05, 0) is 42.8 Å². The summed E-state index contributed by atoms with van der Waals surface area (Å²) in [5, 5.41) is 6.18. The topological polar surface area (TPSA) is 87.3 Å². The lowest BCUT2D eigenvalue weighted by molar-refractivity contribution is 0.102. The molecule has 2 rings (SSSR count). The van der Waals surface area contributed by atoms with E-state index in [9.17, 15) is 13.2 Å². The largest absolute Gasteiger partial charge is 0.322 e. The predicted octanol–water partition coefficient (Wildman–Crippen LogP) is 2.49. The van der Waals surface area contributed by atoms with Crippen LogP contribution in [0.2, 0.25) is 0 Å². The summed E-state index contributed by atoms with van der Waals surface area (Å²) in [5.41, 5.74) is 3.11. The normalized spacial score (nSPS) is 11.3. The Morgan fingerprint density at radius 1 is 0.962 bits per heavy atom. The molecule has 0 fully saturated rings. The van der Waals surface area contributed by atoms with Crippen LogP contribution in [0.4, 0.5) is 5.69 Å². The van der Waals surface area contributed by atoms with E-state index in [-0.39, 0.29) is 18.2 Å². The summed E-state index contributed by atoms with van der Waals surface area (Å²) < 4.78 is 25.5. The second kappa shape index (κ2) is 9.47. The lowest BCUT2D eigenvalue weighted by Gasteiger charge is -2.12. The van der Waals surface area contributed by atoms with Crippen LogP contribution in [0.5, 0.6) is 0 Å². The first-order valence-corrected chi connectivity index (χ1v) is 10.3. The Labute approximate surface area is 155 Å². The molecular formula is C19H25N3O3S. The Hall–Kier alpha value is -2.22. The smallest absolute Gasteiger partial charge is 0.255 e. The highest BCUT2D eigenvalue weighted by Gasteiger charge is 2.10. The molecule has 0 atom stereocenters. The van der Waals surface area contributed by atoms with Gasteiger partial charge in [0.2, 0.25) is 10.0 Å². The first-order valence-electron chi connectivity index (χ1n) is 8.61. The third-order valence-corrected chi connectivity index (χ3v) is 5.27. The molecular weight excluding hydrogens is 350 g/mol. The standard InChI is InChI=1S/C19H25N3O3S/c1-3-20-14-17-7-5-6-8-18(17)22-19(23)16-11-9-15(10-12-16)13-21-26(24,25)4-2/h5-12,20-21H,3-4,13-14H2,1-2H3,(H,22,23). The molecule has 0 aliphatic carbocycles. The first kappa shape index (κ1) is 20.1. The summed E-state index contributed by atoms with van der Waals surface area (Å²) in [6, 6.07) is 14.5. The zero-order valence-corrected chi connectivity index (χ0v) is 15.9. The molecule has 0 saturated heterocycles. The van der Waals surface area contributed by atoms with Crippen LogP contribution < -0.4 is 15.4 Å². The monoisotopic (exact) mass is 375 g/mol. The van der Waals surface area contributed by atoms with Crippen LogP contribution in [0.3, 0.4) is 0 Å². The van der Waals surface area contributed by atoms with Crippen molar-refractivity contribution in [2.75, 3.05) is 17.6 Å². The van der Waals surface area contributed by atoms with E-state index >= 15 is 0 Å². The van der Waals surface area contributed by atoms with Crippen LogP contribution in [-0.4, -0.2) is 26.6 Å². The number of benzene rings is 2. The fraction of sp³-hybridized carbons (Fsp3) is 0.316. The van der Waals surface area contributed by atoms with Crippen molar-refractivity contribution in [1.29, 1.82) is 0 Å². The second-order valence-corrected chi connectivity index (χ2v) is 7.91. The zero-order chi connectivity index (χ0) is 19.0. The molecule has 0 unspecified atom stereocenters. The molecule has 0 heterocycles. The number of sulfonamides is 1. The summed E-state index contributed by atoms with van der Waals surface area (Å²) in [6.45, 7) is 5.37. The Bertz CT molecular complexity index is 833. The third-order valence-electron chi connectivity index (χ3n) is 3.92. The van der Waals surface area contributed by atoms with E-state index in [2.05, 4.69) is 15.4 Å². The maximum Gasteiger partial charge on any atom is 0.255 e. The molecule has 0 radical (unpaired) electrons. The lowest BCUT2D eigenvalue weighted by Crippen LogP contribution is -2.24. The van der Waals surface area contributed by atoms with Gasteiger partial charge >= 0.3 is 0 Å². The minimum atomic E-state index is -3.23. The predicted molar refractivity (Wildman–Crippen MR) is 105 cm³/mol. The maximum atomic E-state index is 12.5. The van der Waals surface area contributed by atoms with Crippen LogP contribution >= 0.6 is 0 Å². The van der Waals surface area contributed by atoms with Crippen molar-refractivity contribution < 1.29 is 13.2 Å². The Morgan fingerprint density at radius 2 is 1.65 bits per heavy atom. The summed E-state index contributed by atoms with van der Waals surface area (Å²) in [7, 11) is -3.23. The number of carbonyl (C=O) groups is 1. The summed E-state index contributed by atoms with van der Waals surface area (Å²) >= 11 is 0. The molecule has 2 aromatic carbocycles. The van der Waals surface area contributed by atoms with Crippen molar-refractivity contribution in [1.82, 2.24) is 10.0 Å². The van der Waals surface area contributed by atoms with Crippen LogP contribution in [0, 0.1) is 0 Å². The summed E-state index contributed by atoms with van der Waals surface area (Å²) in [5.74, 6) is -0.158. The molecule has 3 N–H and O–H groups in total. The number of rotatable bonds is 9. The van der Waals surface area contributed by atoms with Gasteiger partial charge in [-0.25, -0.2) is 13.1 Å². The van der Waals surface area contributed by atoms with Gasteiger partial charge in [0, 0.05) is 24.3 Å². The SMILES string of the molecule is CCNCc1ccccc1NC(=O)c1ccc(CNS(=O)(=O)CC)cc1. The molecule has 0 aromatic heterocycles. The van der Waals surface area contributed by atoms with Gasteiger partial charge in [-0.3, -0.25) is 4.79 Å². The molecule has 0 saturated carbocycles. The van der Waals surface area contributed by atoms with Gasteiger partial charge in [-0.15, -0.1) is 0 Å². The third kappa shape index (κ3) is 5.94. The van der Waals surface area contributed by atoms with Gasteiger partial charge in [0.15, 0.2) is 0 Å². The van der Waals surface area contributed by atoms with Crippen molar-refractivity contribution in [3.63, 3.8) is 0 Å². The minimum absolute atomic E-state index is 0.0415. The highest BCUT2D eigenvalue weighted by Crippen LogP contribution is 2.16. The van der Waals surface area contributed by atoms with Crippen molar-refractivity contribution in [3.05, 3.63) is 65.2 Å². The average molecular weight is 375 g/mol. The van der Waals surface area contributed by atoms with Crippen molar-refractivity contribution in [3.8, 4) is 0 Å². The van der Waals surface area contributed by atoms with E-state index in [1.54, 1.807) is 31.2 Å². The molecule has 0 aliphatic rings. The van der Waals surface area contributed by atoms with E-state index in [0.29, 0.717) is 12.1 Å². The number of amides is 1. The number of hydrogen-bond donors (Lipinski definition) is 3. The van der Waals surface area contributed by atoms with Crippen LogP contribution in [0.25, 0.3) is 0 Å². The zero-order valence-electron chi connectivity index (χ0n) is 15.1. The molecule has 2 aromatic rings. The van der Waals surface area contributed by atoms with Crippen LogP contribution in [0.1, 0.15) is 35.3 Å². The molecule has 140 valence electrons. The Balaban J connectivity index is 2.02. The Kier molecular flexibility index (Phi) is 7.32. The second-order valence-electron chi connectivity index (χ2n) is 5.81. The number of hydrogen-bond acceptors (Lipinski definition) is 4. The summed E-state index contributed by atoms with van der Waals surface area (Å²) in [4.78, 5) is 12.5. The highest BCUT2D eigenvalue weighted by atomic mass is 32.2. The lowest BCUT2D eigenvalue weighted by atomic mass is 10.1. The van der Waals surface area contributed by atoms with E-state index in [0.717, 1.165) is 23.4 Å². The van der Waals surface area contributed by atoms with E-state index in [1.165, 1.54) is 0 Å². The van der Waals surface area contributed by atoms with Gasteiger partial charge in [-0.2, -0.15) is 0 Å². The van der Waals surface area contributed by atoms with E-state index in [1.807, 2.05) is 31.2 Å². The fourth-order valence-corrected chi connectivity index (χ4v) is 2.91. The molecule has 7 heteroatoms. The van der Waals surface area contributed by atoms with Gasteiger partial charge in [0.25, 0.3) is 5.91 Å². The molecule has 0 bridgehead atoms. The number of anilines is 1. The minimum Gasteiger partial charge on any atom is -0.322 e. The van der Waals surface area contributed by atoms with Gasteiger partial charge in [0.05, 0.1) is 5.75 Å². The van der Waals surface area contributed by atoms with Crippen molar-refractivity contribution in [2.45, 2.75) is 26.9 Å². The number of carbonyl (C=O) groups excluding carboxylic acids is 1. The molecule has 0 spiro atoms. The number of para-hydroxylation sites is 1. The maximum absolute atomic E-state index is 12.5. The van der Waals surface area contributed by atoms with Crippen LogP contribution in [-0.2, 0) is 23.1 Å². The Morgan fingerprint density at radius 3 is 2.31 bits per heavy atom. The molecule has 6 nitrogen and oxygen atoms in total. The van der Waals surface area contributed by atoms with E-state index in [4.69, 9.17) is 0 Å². The van der Waals surface area contributed by atoms with Crippen molar-refractivity contribution >= 4 is 21.6 Å². The molecule has 1 amide bonds. The van der Waals surface area contributed by atoms with Gasteiger partial charge < -0.3 is 10.6 Å².